The minimum Gasteiger partial charge on any atom is -0.384 e. The second kappa shape index (κ2) is 9.16. The van der Waals surface area contributed by atoms with Gasteiger partial charge in [-0.15, -0.1) is 0 Å². The molecule has 3 fully saturated rings. The van der Waals surface area contributed by atoms with E-state index in [1.807, 2.05) is 0 Å². The van der Waals surface area contributed by atoms with Crippen molar-refractivity contribution in [3.05, 3.63) is 75.2 Å². The van der Waals surface area contributed by atoms with E-state index >= 15 is 0 Å². The van der Waals surface area contributed by atoms with E-state index in [0.717, 1.165) is 24.2 Å². The number of aliphatic hydroxyl groups is 1. The minimum atomic E-state index is -1.13. The van der Waals surface area contributed by atoms with Crippen molar-refractivity contribution >= 4 is 23.2 Å². The number of ether oxygens (including phenoxy) is 2. The monoisotopic (exact) mass is 517 g/mol. The molecule has 0 spiro atoms. The zero-order chi connectivity index (χ0) is 24.2. The molecule has 5 nitrogen and oxygen atoms in total. The highest BCUT2D eigenvalue weighted by Crippen LogP contribution is 2.50. The average Bonchev–Trinajstić information content (AvgIpc) is 3.58. The van der Waals surface area contributed by atoms with Gasteiger partial charge in [0.1, 0.15) is 17.3 Å². The van der Waals surface area contributed by atoms with Crippen molar-refractivity contribution in [3.63, 3.8) is 0 Å². The SMILES string of the molecule is OC1(c2cccc(F)c2)[C@@H]2COC[C@H]1CC(OCc1c(-c3c(Cl)cccc3Cl)noc1C1CC1)C2. The molecule has 8 heteroatoms. The highest BCUT2D eigenvalue weighted by Gasteiger charge is 2.53. The largest absolute Gasteiger partial charge is 0.384 e. The first-order chi connectivity index (χ1) is 16.9. The molecule has 4 atom stereocenters. The molecule has 0 radical (unpaired) electrons. The lowest BCUT2D eigenvalue weighted by molar-refractivity contribution is -0.210. The third kappa shape index (κ3) is 4.19. The fourth-order valence-electron chi connectivity index (χ4n) is 5.76. The van der Waals surface area contributed by atoms with Gasteiger partial charge in [0.15, 0.2) is 0 Å². The normalized spacial score (nSPS) is 28.3. The molecule has 1 N–H and O–H groups in total. The van der Waals surface area contributed by atoms with E-state index in [-0.39, 0.29) is 23.8 Å². The molecule has 1 aliphatic heterocycles. The summed E-state index contributed by atoms with van der Waals surface area (Å²) >= 11 is 13.0. The number of aromatic nitrogens is 1. The summed E-state index contributed by atoms with van der Waals surface area (Å²) in [6, 6.07) is 11.7. The molecule has 3 aromatic rings. The zero-order valence-corrected chi connectivity index (χ0v) is 20.6. The molecule has 0 amide bonds. The molecule has 35 heavy (non-hydrogen) atoms. The molecule has 2 saturated carbocycles. The van der Waals surface area contributed by atoms with Crippen molar-refractivity contribution < 1.29 is 23.5 Å². The summed E-state index contributed by atoms with van der Waals surface area (Å²) in [5.41, 5.74) is 1.64. The molecule has 1 aromatic heterocycles. The third-order valence-electron chi connectivity index (χ3n) is 7.69. The lowest BCUT2D eigenvalue weighted by Gasteiger charge is -2.51. The Balaban J connectivity index is 1.25. The van der Waals surface area contributed by atoms with Gasteiger partial charge in [0.2, 0.25) is 0 Å². The minimum absolute atomic E-state index is 0.0840. The van der Waals surface area contributed by atoms with Gasteiger partial charge < -0.3 is 19.1 Å². The van der Waals surface area contributed by atoms with Crippen LogP contribution >= 0.6 is 23.2 Å². The first kappa shape index (κ1) is 23.4. The van der Waals surface area contributed by atoms with Crippen LogP contribution in [0.1, 0.15) is 48.5 Å². The summed E-state index contributed by atoms with van der Waals surface area (Å²) in [4.78, 5) is 0. The van der Waals surface area contributed by atoms with Crippen molar-refractivity contribution in [3.8, 4) is 11.3 Å². The maximum atomic E-state index is 14.0. The molecule has 2 heterocycles. The maximum Gasteiger partial charge on any atom is 0.145 e. The Bertz CT molecular complexity index is 1210. The number of hydrogen-bond acceptors (Lipinski definition) is 5. The topological polar surface area (TPSA) is 64.7 Å². The zero-order valence-electron chi connectivity index (χ0n) is 19.1. The van der Waals surface area contributed by atoms with Gasteiger partial charge in [0, 0.05) is 28.9 Å². The van der Waals surface area contributed by atoms with Crippen molar-refractivity contribution in [2.24, 2.45) is 11.8 Å². The van der Waals surface area contributed by atoms with Crippen LogP contribution in [-0.2, 0) is 21.7 Å². The number of halogens is 3. The highest BCUT2D eigenvalue weighted by molar-refractivity contribution is 6.39. The van der Waals surface area contributed by atoms with E-state index in [9.17, 15) is 9.50 Å². The molecule has 184 valence electrons. The molecule has 3 aliphatic rings. The molecule has 2 unspecified atom stereocenters. The van der Waals surface area contributed by atoms with Gasteiger partial charge in [-0.3, -0.25) is 0 Å². The molecule has 2 aliphatic carbocycles. The average molecular weight is 518 g/mol. The first-order valence-electron chi connectivity index (χ1n) is 12.1. The lowest BCUT2D eigenvalue weighted by atomic mass is 9.63. The molecule has 2 aromatic carbocycles. The molecule has 2 bridgehead atoms. The van der Waals surface area contributed by atoms with E-state index in [2.05, 4.69) is 5.16 Å². The van der Waals surface area contributed by atoms with Gasteiger partial charge in [0.05, 0.1) is 41.6 Å². The van der Waals surface area contributed by atoms with Gasteiger partial charge >= 0.3 is 0 Å². The fourth-order valence-corrected chi connectivity index (χ4v) is 6.34. The van der Waals surface area contributed by atoms with Gasteiger partial charge in [-0.2, -0.15) is 0 Å². The summed E-state index contributed by atoms with van der Waals surface area (Å²) in [5, 5.41) is 17.1. The molecule has 6 rings (SSSR count). The summed E-state index contributed by atoms with van der Waals surface area (Å²) in [5.74, 6) is 0.452. The number of rotatable bonds is 6. The Morgan fingerprint density at radius 3 is 2.40 bits per heavy atom. The third-order valence-corrected chi connectivity index (χ3v) is 8.32. The van der Waals surface area contributed by atoms with Crippen molar-refractivity contribution in [1.29, 1.82) is 0 Å². The molecular formula is C27H26Cl2FNO4. The maximum absolute atomic E-state index is 14.0. The predicted molar refractivity (Wildman–Crippen MR) is 130 cm³/mol. The second-order valence-corrected chi connectivity index (χ2v) is 10.7. The Morgan fingerprint density at radius 1 is 1.06 bits per heavy atom. The van der Waals surface area contributed by atoms with Crippen molar-refractivity contribution in [2.45, 2.75) is 49.9 Å². The predicted octanol–water partition coefficient (Wildman–Crippen LogP) is 6.49. The van der Waals surface area contributed by atoms with Crippen LogP contribution in [0.3, 0.4) is 0 Å². The Hall–Kier alpha value is -1.96. The summed E-state index contributed by atoms with van der Waals surface area (Å²) in [7, 11) is 0. The Kier molecular flexibility index (Phi) is 6.14. The quantitative estimate of drug-likeness (QED) is 0.404. The van der Waals surface area contributed by atoms with Crippen LogP contribution < -0.4 is 0 Å². The van der Waals surface area contributed by atoms with Crippen LogP contribution in [0.5, 0.6) is 0 Å². The Morgan fingerprint density at radius 2 is 1.74 bits per heavy atom. The van der Waals surface area contributed by atoms with Crippen LogP contribution in [0.4, 0.5) is 4.39 Å². The molecular weight excluding hydrogens is 492 g/mol. The van der Waals surface area contributed by atoms with Gasteiger partial charge in [-0.05, 0) is 55.5 Å². The van der Waals surface area contributed by atoms with Crippen LogP contribution in [-0.4, -0.2) is 29.6 Å². The van der Waals surface area contributed by atoms with Crippen molar-refractivity contribution in [1.82, 2.24) is 5.16 Å². The van der Waals surface area contributed by atoms with E-state index in [4.69, 9.17) is 37.2 Å². The van der Waals surface area contributed by atoms with Crippen LogP contribution in [0, 0.1) is 17.7 Å². The van der Waals surface area contributed by atoms with Gasteiger partial charge in [-0.25, -0.2) is 4.39 Å². The second-order valence-electron chi connectivity index (χ2n) is 9.92. The van der Waals surface area contributed by atoms with Crippen LogP contribution in [0.15, 0.2) is 47.0 Å². The first-order valence-corrected chi connectivity index (χ1v) is 12.8. The summed E-state index contributed by atoms with van der Waals surface area (Å²) in [6.07, 6.45) is 3.25. The van der Waals surface area contributed by atoms with E-state index in [0.29, 0.717) is 65.4 Å². The Labute approximate surface area is 213 Å². The number of benzene rings is 2. The number of nitrogens with zero attached hydrogens (tertiary/aromatic N) is 1. The van der Waals surface area contributed by atoms with Crippen LogP contribution in [0.25, 0.3) is 11.3 Å². The van der Waals surface area contributed by atoms with Gasteiger partial charge in [0.25, 0.3) is 0 Å². The smallest absolute Gasteiger partial charge is 0.145 e. The van der Waals surface area contributed by atoms with Gasteiger partial charge in [-0.1, -0.05) is 46.6 Å². The standard InChI is InChI=1S/C27H26Cl2FNO4/c28-22-5-2-6-23(29)24(22)25-21(26(35-31-25)15-7-8-15)14-34-20-10-17-12-33-13-18(11-20)27(17,32)16-3-1-4-19(30)9-16/h1-6,9,15,17-18,20,32H,7-8,10-14H2/t17-,18+,20?,27?. The van der Waals surface area contributed by atoms with E-state index < -0.39 is 5.60 Å². The number of fused-ring (bicyclic) bond motifs is 2. The highest BCUT2D eigenvalue weighted by atomic mass is 35.5. The van der Waals surface area contributed by atoms with E-state index in [1.54, 1.807) is 30.3 Å². The fraction of sp³-hybridized carbons (Fsp3) is 0.444. The lowest BCUT2D eigenvalue weighted by Crippen LogP contribution is -2.55. The summed E-state index contributed by atoms with van der Waals surface area (Å²) in [6.45, 7) is 1.13. The van der Waals surface area contributed by atoms with Crippen molar-refractivity contribution in [2.75, 3.05) is 13.2 Å². The van der Waals surface area contributed by atoms with Crippen LogP contribution in [0.2, 0.25) is 10.0 Å². The molecule has 1 saturated heterocycles. The number of hydrogen-bond donors (Lipinski definition) is 1. The van der Waals surface area contributed by atoms with E-state index in [1.165, 1.54) is 12.1 Å². The summed E-state index contributed by atoms with van der Waals surface area (Å²) < 4.78 is 32.0.